The van der Waals surface area contributed by atoms with E-state index in [1.54, 1.807) is 22.1 Å². The maximum absolute atomic E-state index is 12.6. The van der Waals surface area contributed by atoms with Gasteiger partial charge >= 0.3 is 12.2 Å². The molecule has 2 amide bonds. The van der Waals surface area contributed by atoms with E-state index in [0.29, 0.717) is 31.3 Å². The van der Waals surface area contributed by atoms with E-state index in [2.05, 4.69) is 20.9 Å². The van der Waals surface area contributed by atoms with Gasteiger partial charge in [0.25, 0.3) is 5.88 Å². The molecule has 0 saturated carbocycles. The Morgan fingerprint density at radius 3 is 1.89 bits per heavy atom. The Bertz CT molecular complexity index is 898. The Morgan fingerprint density at radius 1 is 0.914 bits per heavy atom. The van der Waals surface area contributed by atoms with Crippen LogP contribution in [0.1, 0.15) is 67.2 Å². The van der Waals surface area contributed by atoms with Gasteiger partial charge in [-0.05, 0) is 83.2 Å². The summed E-state index contributed by atoms with van der Waals surface area (Å²) in [7, 11) is 0. The van der Waals surface area contributed by atoms with Gasteiger partial charge in [-0.25, -0.2) is 14.6 Å². The summed E-state index contributed by atoms with van der Waals surface area (Å²) in [6.07, 6.45) is 4.46. The normalized spacial score (nSPS) is 20.7. The highest BCUT2D eigenvalue weighted by Crippen LogP contribution is 2.31. The molecule has 2 aliphatic rings. The molecule has 1 aromatic heterocycles. The van der Waals surface area contributed by atoms with Crippen LogP contribution >= 0.6 is 15.9 Å². The molecule has 2 atom stereocenters. The van der Waals surface area contributed by atoms with Gasteiger partial charge in [0, 0.05) is 29.8 Å². The van der Waals surface area contributed by atoms with E-state index in [4.69, 9.17) is 18.9 Å². The van der Waals surface area contributed by atoms with Gasteiger partial charge in [-0.3, -0.25) is 0 Å². The Morgan fingerprint density at radius 2 is 1.40 bits per heavy atom. The van der Waals surface area contributed by atoms with Crippen molar-refractivity contribution in [3.8, 4) is 11.6 Å². The first-order valence-corrected chi connectivity index (χ1v) is 13.0. The number of pyridine rings is 1. The predicted molar refractivity (Wildman–Crippen MR) is 135 cm³/mol. The first-order valence-electron chi connectivity index (χ1n) is 12.2. The summed E-state index contributed by atoms with van der Waals surface area (Å²) in [5, 5.41) is 0. The Balaban J connectivity index is 1.61. The first-order chi connectivity index (χ1) is 16.3. The van der Waals surface area contributed by atoms with Crippen molar-refractivity contribution in [2.75, 3.05) is 26.3 Å². The second-order valence-corrected chi connectivity index (χ2v) is 11.9. The molecule has 2 saturated heterocycles. The van der Waals surface area contributed by atoms with Crippen LogP contribution in [0.25, 0.3) is 0 Å². The minimum Gasteiger partial charge on any atom is -0.486 e. The van der Waals surface area contributed by atoms with Crippen molar-refractivity contribution in [1.82, 2.24) is 14.8 Å². The number of hydrogen-bond donors (Lipinski definition) is 0. The van der Waals surface area contributed by atoms with E-state index < -0.39 is 11.2 Å². The zero-order valence-electron chi connectivity index (χ0n) is 21.6. The number of carbonyl (C=O) groups excluding carboxylic acids is 2. The lowest BCUT2D eigenvalue weighted by molar-refractivity contribution is 0.0166. The third-order valence-corrected chi connectivity index (χ3v) is 6.07. The third-order valence-electron chi connectivity index (χ3n) is 5.64. The fraction of sp³-hybridized carbons (Fsp3) is 0.720. The van der Waals surface area contributed by atoms with E-state index in [1.807, 2.05) is 41.5 Å². The van der Waals surface area contributed by atoms with E-state index in [9.17, 15) is 9.59 Å². The number of nitrogens with zero attached hydrogens (tertiary/aromatic N) is 3. The number of aromatic nitrogens is 1. The van der Waals surface area contributed by atoms with E-state index in [1.165, 1.54) is 0 Å². The molecule has 0 unspecified atom stereocenters. The molecule has 196 valence electrons. The van der Waals surface area contributed by atoms with Crippen LogP contribution in [-0.2, 0) is 9.47 Å². The largest absolute Gasteiger partial charge is 0.486 e. The van der Waals surface area contributed by atoms with Gasteiger partial charge in [0.1, 0.15) is 24.4 Å². The highest BCUT2D eigenvalue weighted by molar-refractivity contribution is 9.10. The van der Waals surface area contributed by atoms with Crippen LogP contribution in [0.3, 0.4) is 0 Å². The van der Waals surface area contributed by atoms with Crippen molar-refractivity contribution in [2.24, 2.45) is 0 Å². The monoisotopic (exact) mass is 555 g/mol. The van der Waals surface area contributed by atoms with E-state index in [0.717, 1.165) is 30.2 Å². The second kappa shape index (κ2) is 11.2. The predicted octanol–water partition coefficient (Wildman–Crippen LogP) is 5.40. The molecule has 3 rings (SSSR count). The SMILES string of the molecule is CC(C)(C)OC(=O)N1CCC[C@@H]1COc1cc(Br)cnc1OC[C@H]1CCCN1C(=O)OC(C)(C)C. The highest BCUT2D eigenvalue weighted by Gasteiger charge is 2.34. The summed E-state index contributed by atoms with van der Waals surface area (Å²) in [5.41, 5.74) is -1.10. The molecule has 0 spiro atoms. The molecule has 2 aliphatic heterocycles. The molecule has 0 radical (unpaired) electrons. The molecule has 0 bridgehead atoms. The number of ether oxygens (including phenoxy) is 4. The molecule has 10 heteroatoms. The molecule has 0 aromatic carbocycles. The summed E-state index contributed by atoms with van der Waals surface area (Å²) >= 11 is 3.44. The standard InChI is InChI=1S/C25H38BrN3O6/c1-24(2,3)34-22(30)28-11-7-9-18(28)15-32-20-13-17(26)14-27-21(20)33-16-19-10-8-12-29(19)23(31)35-25(4,5)6/h13-14,18-19H,7-12,15-16H2,1-6H3/t18-,19-/m1/s1. The van der Waals surface area contributed by atoms with Crippen LogP contribution in [0, 0.1) is 0 Å². The van der Waals surface area contributed by atoms with Gasteiger partial charge in [-0.15, -0.1) is 0 Å². The molecule has 0 aliphatic carbocycles. The van der Waals surface area contributed by atoms with Crippen LogP contribution in [0.15, 0.2) is 16.7 Å². The number of carbonyl (C=O) groups is 2. The highest BCUT2D eigenvalue weighted by atomic mass is 79.9. The summed E-state index contributed by atoms with van der Waals surface area (Å²) < 4.78 is 24.0. The van der Waals surface area contributed by atoms with Gasteiger partial charge in [0.15, 0.2) is 5.75 Å². The zero-order chi connectivity index (χ0) is 25.8. The van der Waals surface area contributed by atoms with Crippen molar-refractivity contribution in [3.05, 3.63) is 16.7 Å². The van der Waals surface area contributed by atoms with Gasteiger partial charge in [0.05, 0.1) is 12.1 Å². The van der Waals surface area contributed by atoms with Crippen molar-refractivity contribution in [1.29, 1.82) is 0 Å². The fourth-order valence-corrected chi connectivity index (χ4v) is 4.43. The molecule has 0 N–H and O–H groups in total. The second-order valence-electron chi connectivity index (χ2n) is 11.0. The zero-order valence-corrected chi connectivity index (χ0v) is 23.2. The van der Waals surface area contributed by atoms with Crippen LogP contribution in [0.4, 0.5) is 9.59 Å². The molecular formula is C25H38BrN3O6. The Hall–Kier alpha value is -2.23. The average Bonchev–Trinajstić information content (AvgIpc) is 3.38. The Labute approximate surface area is 216 Å². The lowest BCUT2D eigenvalue weighted by Gasteiger charge is -2.29. The number of hydrogen-bond acceptors (Lipinski definition) is 7. The minimum atomic E-state index is -0.549. The quantitative estimate of drug-likeness (QED) is 0.464. The molecule has 9 nitrogen and oxygen atoms in total. The van der Waals surface area contributed by atoms with Crippen LogP contribution in [0.2, 0.25) is 0 Å². The summed E-state index contributed by atoms with van der Waals surface area (Å²) in [4.78, 5) is 33.0. The van der Waals surface area contributed by atoms with E-state index >= 15 is 0 Å². The summed E-state index contributed by atoms with van der Waals surface area (Å²) in [5.74, 6) is 0.836. The number of likely N-dealkylation sites (tertiary alicyclic amines) is 2. The maximum Gasteiger partial charge on any atom is 0.410 e. The average molecular weight is 556 g/mol. The lowest BCUT2D eigenvalue weighted by Crippen LogP contribution is -2.42. The molecule has 35 heavy (non-hydrogen) atoms. The van der Waals surface area contributed by atoms with Crippen molar-refractivity contribution in [3.63, 3.8) is 0 Å². The topological polar surface area (TPSA) is 90.4 Å². The van der Waals surface area contributed by atoms with Crippen LogP contribution < -0.4 is 9.47 Å². The molecule has 2 fully saturated rings. The van der Waals surface area contributed by atoms with Crippen molar-refractivity contribution >= 4 is 28.1 Å². The summed E-state index contributed by atoms with van der Waals surface area (Å²) in [6, 6.07) is 1.62. The van der Waals surface area contributed by atoms with E-state index in [-0.39, 0.29) is 30.9 Å². The first kappa shape index (κ1) is 27.4. The lowest BCUT2D eigenvalue weighted by atomic mass is 10.2. The molecule has 3 heterocycles. The van der Waals surface area contributed by atoms with Gasteiger partial charge < -0.3 is 28.7 Å². The number of halogens is 1. The minimum absolute atomic E-state index is 0.0887. The van der Waals surface area contributed by atoms with Crippen LogP contribution in [-0.4, -0.2) is 76.6 Å². The Kier molecular flexibility index (Phi) is 8.77. The van der Waals surface area contributed by atoms with Crippen LogP contribution in [0.5, 0.6) is 11.6 Å². The van der Waals surface area contributed by atoms with Gasteiger partial charge in [-0.2, -0.15) is 0 Å². The summed E-state index contributed by atoms with van der Waals surface area (Å²) in [6.45, 7) is 13.0. The fourth-order valence-electron chi connectivity index (χ4n) is 4.12. The number of rotatable bonds is 6. The molecular weight excluding hydrogens is 518 g/mol. The van der Waals surface area contributed by atoms with Crippen molar-refractivity contribution in [2.45, 2.75) is 90.5 Å². The number of amides is 2. The van der Waals surface area contributed by atoms with Crippen molar-refractivity contribution < 1.29 is 28.5 Å². The smallest absolute Gasteiger partial charge is 0.410 e. The van der Waals surface area contributed by atoms with Gasteiger partial charge in [0.2, 0.25) is 0 Å². The third kappa shape index (κ3) is 8.15. The maximum atomic E-state index is 12.6. The molecule has 1 aromatic rings. The van der Waals surface area contributed by atoms with Gasteiger partial charge in [-0.1, -0.05) is 0 Å².